The SMILES string of the molecule is C=C(CCCCCCC(C)(C)C)NC. The van der Waals surface area contributed by atoms with Crippen molar-refractivity contribution in [1.29, 1.82) is 0 Å². The molecule has 0 saturated carbocycles. The third-order valence-corrected chi connectivity index (χ3v) is 2.51. The molecule has 1 heteroatoms. The van der Waals surface area contributed by atoms with E-state index in [1.807, 2.05) is 7.05 Å². The molecule has 0 amide bonds. The van der Waals surface area contributed by atoms with Crippen LogP contribution in [0.25, 0.3) is 0 Å². The lowest BCUT2D eigenvalue weighted by Gasteiger charge is -2.17. The van der Waals surface area contributed by atoms with Gasteiger partial charge >= 0.3 is 0 Å². The van der Waals surface area contributed by atoms with Crippen LogP contribution in [0.4, 0.5) is 0 Å². The molecular formula is C13H27N. The molecule has 0 aliphatic rings. The second kappa shape index (κ2) is 6.92. The van der Waals surface area contributed by atoms with Crippen LogP contribution in [-0.2, 0) is 0 Å². The molecule has 0 unspecified atom stereocenters. The largest absolute Gasteiger partial charge is 0.392 e. The number of rotatable bonds is 7. The van der Waals surface area contributed by atoms with Crippen molar-refractivity contribution in [3.05, 3.63) is 12.3 Å². The van der Waals surface area contributed by atoms with Crippen LogP contribution >= 0.6 is 0 Å². The van der Waals surface area contributed by atoms with Gasteiger partial charge < -0.3 is 5.32 Å². The summed E-state index contributed by atoms with van der Waals surface area (Å²) >= 11 is 0. The van der Waals surface area contributed by atoms with Crippen molar-refractivity contribution < 1.29 is 0 Å². The summed E-state index contributed by atoms with van der Waals surface area (Å²) < 4.78 is 0. The first-order valence-electron chi connectivity index (χ1n) is 5.81. The van der Waals surface area contributed by atoms with E-state index in [1.54, 1.807) is 0 Å². The van der Waals surface area contributed by atoms with Crippen LogP contribution in [0.1, 0.15) is 59.3 Å². The molecule has 14 heavy (non-hydrogen) atoms. The Morgan fingerprint density at radius 3 is 2.14 bits per heavy atom. The lowest BCUT2D eigenvalue weighted by Crippen LogP contribution is -2.04. The monoisotopic (exact) mass is 197 g/mol. The van der Waals surface area contributed by atoms with E-state index in [0.29, 0.717) is 5.41 Å². The Hall–Kier alpha value is -0.460. The zero-order valence-corrected chi connectivity index (χ0v) is 10.4. The van der Waals surface area contributed by atoms with Crippen LogP contribution in [0.2, 0.25) is 0 Å². The van der Waals surface area contributed by atoms with Crippen LogP contribution in [0, 0.1) is 5.41 Å². The van der Waals surface area contributed by atoms with E-state index in [2.05, 4.69) is 32.7 Å². The molecule has 0 atom stereocenters. The number of hydrogen-bond donors (Lipinski definition) is 1. The molecule has 0 aliphatic carbocycles. The van der Waals surface area contributed by atoms with Gasteiger partial charge in [0, 0.05) is 12.7 Å². The van der Waals surface area contributed by atoms with Gasteiger partial charge in [0.2, 0.25) is 0 Å². The van der Waals surface area contributed by atoms with Crippen LogP contribution in [-0.4, -0.2) is 7.05 Å². The highest BCUT2D eigenvalue weighted by atomic mass is 14.8. The first-order chi connectivity index (χ1) is 6.45. The standard InChI is InChI=1S/C13H27N/c1-12(14-5)10-8-6-7-9-11-13(2,3)4/h14H,1,6-11H2,2-5H3. The van der Waals surface area contributed by atoms with E-state index in [-0.39, 0.29) is 0 Å². The lowest BCUT2D eigenvalue weighted by molar-refractivity contribution is 0.357. The topological polar surface area (TPSA) is 12.0 Å². The summed E-state index contributed by atoms with van der Waals surface area (Å²) in [4.78, 5) is 0. The van der Waals surface area contributed by atoms with Crippen molar-refractivity contribution in [3.8, 4) is 0 Å². The van der Waals surface area contributed by atoms with Gasteiger partial charge in [-0.15, -0.1) is 0 Å². The highest BCUT2D eigenvalue weighted by molar-refractivity contribution is 4.88. The average molecular weight is 197 g/mol. The first kappa shape index (κ1) is 13.5. The maximum Gasteiger partial charge on any atom is 0.00310 e. The molecule has 0 radical (unpaired) electrons. The van der Waals surface area contributed by atoms with E-state index in [1.165, 1.54) is 37.8 Å². The van der Waals surface area contributed by atoms with Crippen molar-refractivity contribution in [1.82, 2.24) is 5.32 Å². The number of hydrogen-bond acceptors (Lipinski definition) is 1. The quantitative estimate of drug-likeness (QED) is 0.606. The summed E-state index contributed by atoms with van der Waals surface area (Å²) in [5, 5.41) is 3.09. The maximum atomic E-state index is 3.92. The van der Waals surface area contributed by atoms with Crippen LogP contribution in [0.5, 0.6) is 0 Å². The van der Waals surface area contributed by atoms with Crippen molar-refractivity contribution >= 4 is 0 Å². The zero-order valence-electron chi connectivity index (χ0n) is 10.4. The Labute approximate surface area is 90.0 Å². The van der Waals surface area contributed by atoms with Gasteiger partial charge in [0.1, 0.15) is 0 Å². The highest BCUT2D eigenvalue weighted by Crippen LogP contribution is 2.22. The molecule has 0 aliphatic heterocycles. The molecule has 1 nitrogen and oxygen atoms in total. The Kier molecular flexibility index (Phi) is 6.69. The summed E-state index contributed by atoms with van der Waals surface area (Å²) in [5.74, 6) is 0. The minimum Gasteiger partial charge on any atom is -0.392 e. The third-order valence-electron chi connectivity index (χ3n) is 2.51. The first-order valence-corrected chi connectivity index (χ1v) is 5.81. The van der Waals surface area contributed by atoms with Crippen molar-refractivity contribution in [2.24, 2.45) is 5.41 Å². The second-order valence-electron chi connectivity index (χ2n) is 5.33. The van der Waals surface area contributed by atoms with Gasteiger partial charge in [0.05, 0.1) is 0 Å². The molecule has 0 rings (SSSR count). The summed E-state index contributed by atoms with van der Waals surface area (Å²) in [5.41, 5.74) is 1.68. The molecule has 1 N–H and O–H groups in total. The van der Waals surface area contributed by atoms with E-state index in [9.17, 15) is 0 Å². The van der Waals surface area contributed by atoms with Crippen molar-refractivity contribution in [3.63, 3.8) is 0 Å². The van der Waals surface area contributed by atoms with E-state index in [4.69, 9.17) is 0 Å². The molecule has 0 saturated heterocycles. The summed E-state index contributed by atoms with van der Waals surface area (Å²) in [7, 11) is 1.95. The van der Waals surface area contributed by atoms with Gasteiger partial charge in [0.25, 0.3) is 0 Å². The summed E-state index contributed by atoms with van der Waals surface area (Å²) in [6.07, 6.45) is 7.84. The van der Waals surface area contributed by atoms with Gasteiger partial charge in [-0.3, -0.25) is 0 Å². The Morgan fingerprint density at radius 2 is 1.64 bits per heavy atom. The normalized spacial score (nSPS) is 11.4. The molecule has 84 valence electrons. The van der Waals surface area contributed by atoms with Crippen LogP contribution in [0.15, 0.2) is 12.3 Å². The molecule has 0 aromatic carbocycles. The predicted octanol–water partition coefficient (Wildman–Crippen LogP) is 4.11. The Bertz CT molecular complexity index is 153. The summed E-state index contributed by atoms with van der Waals surface area (Å²) in [6.45, 7) is 10.9. The fraction of sp³-hybridized carbons (Fsp3) is 0.846. The molecule has 0 aromatic heterocycles. The second-order valence-corrected chi connectivity index (χ2v) is 5.33. The third kappa shape index (κ3) is 9.63. The van der Waals surface area contributed by atoms with Crippen molar-refractivity contribution in [2.75, 3.05) is 7.05 Å². The smallest absolute Gasteiger partial charge is 0.00310 e. The van der Waals surface area contributed by atoms with Crippen LogP contribution in [0.3, 0.4) is 0 Å². The maximum absolute atomic E-state index is 3.92. The number of allylic oxidation sites excluding steroid dienone is 1. The minimum atomic E-state index is 0.509. The van der Waals surface area contributed by atoms with Gasteiger partial charge in [-0.25, -0.2) is 0 Å². The fourth-order valence-corrected chi connectivity index (χ4v) is 1.47. The zero-order chi connectivity index (χ0) is 11.0. The lowest BCUT2D eigenvalue weighted by atomic mass is 9.89. The Balaban J connectivity index is 3.18. The van der Waals surface area contributed by atoms with Gasteiger partial charge in [-0.2, -0.15) is 0 Å². The minimum absolute atomic E-state index is 0.509. The van der Waals surface area contributed by atoms with E-state index in [0.717, 1.165) is 6.42 Å². The average Bonchev–Trinajstić information content (AvgIpc) is 2.08. The molecular weight excluding hydrogens is 170 g/mol. The molecule has 0 fully saturated rings. The van der Waals surface area contributed by atoms with Gasteiger partial charge in [-0.05, 0) is 24.7 Å². The summed E-state index contributed by atoms with van der Waals surface area (Å²) in [6, 6.07) is 0. The van der Waals surface area contributed by atoms with Crippen LogP contribution < -0.4 is 5.32 Å². The highest BCUT2D eigenvalue weighted by Gasteiger charge is 2.08. The molecule has 0 bridgehead atoms. The van der Waals surface area contributed by atoms with E-state index < -0.39 is 0 Å². The van der Waals surface area contributed by atoms with Crippen molar-refractivity contribution in [2.45, 2.75) is 59.3 Å². The van der Waals surface area contributed by atoms with Gasteiger partial charge in [0.15, 0.2) is 0 Å². The van der Waals surface area contributed by atoms with Gasteiger partial charge in [-0.1, -0.05) is 46.6 Å². The van der Waals surface area contributed by atoms with E-state index >= 15 is 0 Å². The number of nitrogens with one attached hydrogen (secondary N) is 1. The fourth-order valence-electron chi connectivity index (χ4n) is 1.47. The predicted molar refractivity (Wildman–Crippen MR) is 65.4 cm³/mol. The molecule has 0 aromatic rings. The number of unbranched alkanes of at least 4 members (excludes halogenated alkanes) is 3. The Morgan fingerprint density at radius 1 is 1.07 bits per heavy atom. The molecule has 0 spiro atoms. The molecule has 0 heterocycles.